The van der Waals surface area contributed by atoms with Crippen LogP contribution in [0.1, 0.15) is 53.9 Å². The predicted molar refractivity (Wildman–Crippen MR) is 72.8 cm³/mol. The molecule has 2 N–H and O–H groups in total. The smallest absolute Gasteiger partial charge is 0.256 e. The molecule has 4 heteroatoms. The first-order valence-electron chi connectivity index (χ1n) is 5.90. The van der Waals surface area contributed by atoms with Gasteiger partial charge in [0.2, 0.25) is 0 Å². The highest BCUT2D eigenvalue weighted by molar-refractivity contribution is 7.16. The van der Waals surface area contributed by atoms with Gasteiger partial charge in [-0.3, -0.25) is 4.79 Å². The van der Waals surface area contributed by atoms with Crippen molar-refractivity contribution in [2.45, 2.75) is 38.5 Å². The van der Waals surface area contributed by atoms with Crippen molar-refractivity contribution < 1.29 is 4.79 Å². The van der Waals surface area contributed by atoms with Gasteiger partial charge in [0.05, 0.1) is 10.6 Å². The number of carbonyl (C=O) groups excluding carboxylic acids is 1. The monoisotopic (exact) mass is 252 g/mol. The summed E-state index contributed by atoms with van der Waals surface area (Å²) in [4.78, 5) is 15.1. The minimum atomic E-state index is 0.0320. The Labute approximate surface area is 107 Å². The third-order valence-electron chi connectivity index (χ3n) is 3.52. The van der Waals surface area contributed by atoms with Crippen molar-refractivity contribution in [2.75, 3.05) is 19.8 Å². The molecule has 1 aliphatic carbocycles. The molecular weight excluding hydrogens is 232 g/mol. The summed E-state index contributed by atoms with van der Waals surface area (Å²) < 4.78 is 0. The maximum Gasteiger partial charge on any atom is 0.256 e. The van der Waals surface area contributed by atoms with E-state index >= 15 is 0 Å². The van der Waals surface area contributed by atoms with Gasteiger partial charge < -0.3 is 10.6 Å². The normalized spacial score (nSPS) is 21.4. The Morgan fingerprint density at radius 1 is 1.47 bits per heavy atom. The van der Waals surface area contributed by atoms with Crippen LogP contribution in [0.15, 0.2) is 0 Å². The van der Waals surface area contributed by atoms with E-state index in [9.17, 15) is 4.79 Å². The fraction of sp³-hybridized carbons (Fsp3) is 0.615. The molecule has 1 aliphatic rings. The SMILES string of the molecule is CC1CC(C)(C)c2sc(N)c(C(=O)N(C)C)c21. The second-order valence-corrected chi connectivity index (χ2v) is 6.82. The van der Waals surface area contributed by atoms with Crippen molar-refractivity contribution in [3.63, 3.8) is 0 Å². The van der Waals surface area contributed by atoms with E-state index in [4.69, 9.17) is 5.73 Å². The first kappa shape index (κ1) is 12.4. The molecule has 2 rings (SSSR count). The van der Waals surface area contributed by atoms with E-state index < -0.39 is 0 Å². The third-order valence-corrected chi connectivity index (χ3v) is 4.92. The van der Waals surface area contributed by atoms with Crippen LogP contribution in [0.3, 0.4) is 0 Å². The molecule has 1 amide bonds. The second-order valence-electron chi connectivity index (χ2n) is 5.77. The van der Waals surface area contributed by atoms with E-state index in [1.807, 2.05) is 0 Å². The van der Waals surface area contributed by atoms with Gasteiger partial charge in [-0.25, -0.2) is 0 Å². The van der Waals surface area contributed by atoms with Crippen LogP contribution in [0.2, 0.25) is 0 Å². The van der Waals surface area contributed by atoms with Gasteiger partial charge >= 0.3 is 0 Å². The number of anilines is 1. The van der Waals surface area contributed by atoms with Gasteiger partial charge in [0.1, 0.15) is 0 Å². The molecular formula is C13H20N2OS. The fourth-order valence-corrected chi connectivity index (χ4v) is 4.13. The Bertz CT molecular complexity index is 474. The molecule has 1 atom stereocenters. The van der Waals surface area contributed by atoms with Crippen LogP contribution in [0.5, 0.6) is 0 Å². The van der Waals surface area contributed by atoms with Gasteiger partial charge in [-0.2, -0.15) is 0 Å². The zero-order chi connectivity index (χ0) is 13.0. The Hall–Kier alpha value is -1.03. The highest BCUT2D eigenvalue weighted by Crippen LogP contribution is 2.52. The molecule has 1 aromatic heterocycles. The number of fused-ring (bicyclic) bond motifs is 1. The van der Waals surface area contributed by atoms with E-state index in [1.165, 1.54) is 10.4 Å². The van der Waals surface area contributed by atoms with Crippen molar-refractivity contribution in [3.05, 3.63) is 16.0 Å². The van der Waals surface area contributed by atoms with Gasteiger partial charge in [-0.1, -0.05) is 20.8 Å². The lowest BCUT2D eigenvalue weighted by molar-refractivity contribution is 0.0827. The number of rotatable bonds is 1. The van der Waals surface area contributed by atoms with Gasteiger partial charge in [0.15, 0.2) is 0 Å². The van der Waals surface area contributed by atoms with Crippen LogP contribution in [-0.4, -0.2) is 24.9 Å². The van der Waals surface area contributed by atoms with Crippen molar-refractivity contribution >= 4 is 22.2 Å². The van der Waals surface area contributed by atoms with Crippen LogP contribution in [0, 0.1) is 0 Å². The van der Waals surface area contributed by atoms with E-state index in [-0.39, 0.29) is 11.3 Å². The Morgan fingerprint density at radius 3 is 2.59 bits per heavy atom. The average molecular weight is 252 g/mol. The summed E-state index contributed by atoms with van der Waals surface area (Å²) >= 11 is 1.59. The fourth-order valence-electron chi connectivity index (χ4n) is 2.84. The number of carbonyl (C=O) groups is 1. The molecule has 0 aromatic carbocycles. The molecule has 0 saturated carbocycles. The first-order valence-corrected chi connectivity index (χ1v) is 6.71. The first-order chi connectivity index (χ1) is 7.75. The van der Waals surface area contributed by atoms with E-state index in [0.717, 1.165) is 12.0 Å². The van der Waals surface area contributed by atoms with Crippen molar-refractivity contribution in [2.24, 2.45) is 0 Å². The molecule has 3 nitrogen and oxygen atoms in total. The van der Waals surface area contributed by atoms with E-state index in [0.29, 0.717) is 10.9 Å². The van der Waals surface area contributed by atoms with E-state index in [2.05, 4.69) is 20.8 Å². The number of nitrogens with zero attached hydrogens (tertiary/aromatic N) is 1. The Morgan fingerprint density at radius 2 is 2.06 bits per heavy atom. The number of nitrogen functional groups attached to an aromatic ring is 1. The minimum Gasteiger partial charge on any atom is -0.390 e. The highest BCUT2D eigenvalue weighted by atomic mass is 32.1. The summed E-state index contributed by atoms with van der Waals surface area (Å²) in [7, 11) is 3.55. The van der Waals surface area contributed by atoms with Crippen molar-refractivity contribution in [1.82, 2.24) is 4.90 Å². The molecule has 17 heavy (non-hydrogen) atoms. The molecule has 0 bridgehead atoms. The zero-order valence-corrected chi connectivity index (χ0v) is 11.9. The lowest BCUT2D eigenvalue weighted by atomic mass is 9.91. The maximum atomic E-state index is 12.2. The zero-order valence-electron chi connectivity index (χ0n) is 11.1. The molecule has 0 fully saturated rings. The molecule has 1 unspecified atom stereocenters. The molecule has 0 aliphatic heterocycles. The minimum absolute atomic E-state index is 0.0320. The van der Waals surface area contributed by atoms with Crippen LogP contribution in [0.4, 0.5) is 5.00 Å². The van der Waals surface area contributed by atoms with Crippen LogP contribution in [-0.2, 0) is 5.41 Å². The van der Waals surface area contributed by atoms with Crippen LogP contribution < -0.4 is 5.73 Å². The highest BCUT2D eigenvalue weighted by Gasteiger charge is 2.40. The number of hydrogen-bond donors (Lipinski definition) is 1. The van der Waals surface area contributed by atoms with Crippen molar-refractivity contribution in [1.29, 1.82) is 0 Å². The molecule has 0 radical (unpaired) electrons. The van der Waals surface area contributed by atoms with Crippen molar-refractivity contribution in [3.8, 4) is 0 Å². The van der Waals surface area contributed by atoms with Crippen LogP contribution in [0.25, 0.3) is 0 Å². The lowest BCUT2D eigenvalue weighted by Crippen LogP contribution is -2.23. The summed E-state index contributed by atoms with van der Waals surface area (Å²) in [6, 6.07) is 0. The summed E-state index contributed by atoms with van der Waals surface area (Å²) in [5, 5.41) is 0.674. The van der Waals surface area contributed by atoms with Gasteiger partial charge in [-0.15, -0.1) is 11.3 Å². The van der Waals surface area contributed by atoms with Gasteiger partial charge in [-0.05, 0) is 17.9 Å². The quantitative estimate of drug-likeness (QED) is 0.835. The largest absolute Gasteiger partial charge is 0.390 e. The summed E-state index contributed by atoms with van der Waals surface area (Å²) in [5.74, 6) is 0.456. The third kappa shape index (κ3) is 1.75. The Kier molecular flexibility index (Phi) is 2.73. The molecule has 1 heterocycles. The maximum absolute atomic E-state index is 12.2. The second kappa shape index (κ2) is 3.73. The number of hydrogen-bond acceptors (Lipinski definition) is 3. The summed E-state index contributed by atoms with van der Waals surface area (Å²) in [6.45, 7) is 6.65. The number of nitrogens with two attached hydrogens (primary N) is 1. The Balaban J connectivity index is 2.61. The number of amides is 1. The number of thiophene rings is 1. The standard InChI is InChI=1S/C13H20N2OS/c1-7-6-13(2,3)10-8(7)9(11(14)17-10)12(16)15(4)5/h7H,6,14H2,1-5H3. The van der Waals surface area contributed by atoms with Crippen LogP contribution >= 0.6 is 11.3 Å². The topological polar surface area (TPSA) is 46.3 Å². The summed E-state index contributed by atoms with van der Waals surface area (Å²) in [5.41, 5.74) is 8.13. The summed E-state index contributed by atoms with van der Waals surface area (Å²) in [6.07, 6.45) is 1.10. The average Bonchev–Trinajstić information content (AvgIpc) is 2.63. The molecule has 1 aromatic rings. The van der Waals surface area contributed by atoms with E-state index in [1.54, 1.807) is 30.3 Å². The lowest BCUT2D eigenvalue weighted by Gasteiger charge is -2.17. The molecule has 0 saturated heterocycles. The molecule has 94 valence electrons. The molecule has 0 spiro atoms. The van der Waals surface area contributed by atoms with Gasteiger partial charge in [0.25, 0.3) is 5.91 Å². The van der Waals surface area contributed by atoms with Gasteiger partial charge in [0, 0.05) is 24.4 Å². The predicted octanol–water partition coefficient (Wildman–Crippen LogP) is 2.82.